The summed E-state index contributed by atoms with van der Waals surface area (Å²) in [6.07, 6.45) is 12.5. The molecule has 3 heteroatoms. The largest absolute Gasteiger partial charge is 0.291 e. The molecule has 0 rings (SSSR count). The van der Waals surface area contributed by atoms with E-state index in [0.717, 1.165) is 25.7 Å². The average Bonchev–Trinajstić information content (AvgIpc) is 2.41. The molecule has 0 saturated heterocycles. The van der Waals surface area contributed by atoms with E-state index in [1.54, 1.807) is 0 Å². The molecule has 0 aromatic carbocycles. The van der Waals surface area contributed by atoms with E-state index in [9.17, 15) is 4.79 Å². The van der Waals surface area contributed by atoms with Gasteiger partial charge in [0, 0.05) is 12.5 Å². The molecule has 0 aromatic rings. The number of amides is 1. The number of hydrogen-bond acceptors (Lipinski definition) is 2. The Morgan fingerprint density at radius 2 is 1.42 bits per heavy atom. The highest BCUT2D eigenvalue weighted by Gasteiger charge is 2.09. The highest BCUT2D eigenvalue weighted by atomic mass is 16.2. The molecule has 0 radical (unpaired) electrons. The van der Waals surface area contributed by atoms with E-state index >= 15 is 0 Å². The molecule has 0 fully saturated rings. The highest BCUT2D eigenvalue weighted by molar-refractivity contribution is 5.75. The second-order valence-corrected chi connectivity index (χ2v) is 5.48. The summed E-state index contributed by atoms with van der Waals surface area (Å²) in [5.41, 5.74) is 6.13. The van der Waals surface area contributed by atoms with Crippen molar-refractivity contribution >= 4 is 5.91 Å². The van der Waals surface area contributed by atoms with Crippen LogP contribution in [-0.2, 0) is 4.79 Å². The van der Waals surface area contributed by atoms with Gasteiger partial charge in [0.1, 0.15) is 0 Å². The maximum atomic E-state index is 11.7. The van der Waals surface area contributed by atoms with Gasteiger partial charge < -0.3 is 0 Å². The van der Waals surface area contributed by atoms with Crippen molar-refractivity contribution in [1.82, 2.24) is 10.9 Å². The summed E-state index contributed by atoms with van der Waals surface area (Å²) >= 11 is 0. The van der Waals surface area contributed by atoms with E-state index in [-0.39, 0.29) is 5.91 Å². The molecule has 0 bridgehead atoms. The van der Waals surface area contributed by atoms with Gasteiger partial charge in [-0.1, -0.05) is 65.7 Å². The van der Waals surface area contributed by atoms with E-state index in [1.165, 1.54) is 38.5 Å². The predicted molar refractivity (Wildman–Crippen MR) is 82.9 cm³/mol. The van der Waals surface area contributed by atoms with Crippen LogP contribution in [0.25, 0.3) is 0 Å². The number of rotatable bonds is 13. The molecule has 19 heavy (non-hydrogen) atoms. The lowest BCUT2D eigenvalue weighted by molar-refractivity contribution is -0.122. The topological polar surface area (TPSA) is 41.1 Å². The fourth-order valence-corrected chi connectivity index (χ4v) is 2.16. The summed E-state index contributed by atoms with van der Waals surface area (Å²) < 4.78 is 0. The molecule has 3 nitrogen and oxygen atoms in total. The Labute approximate surface area is 119 Å². The van der Waals surface area contributed by atoms with Crippen LogP contribution in [0.4, 0.5) is 0 Å². The number of unbranched alkanes of at least 4 members (excludes halogenated alkanes) is 5. The second-order valence-electron chi connectivity index (χ2n) is 5.48. The Hall–Kier alpha value is -0.570. The van der Waals surface area contributed by atoms with Gasteiger partial charge in [-0.25, -0.2) is 5.43 Å². The molecule has 0 heterocycles. The Morgan fingerprint density at radius 1 is 0.842 bits per heavy atom. The normalized spacial score (nSPS) is 12.4. The summed E-state index contributed by atoms with van der Waals surface area (Å²) in [7, 11) is 0. The van der Waals surface area contributed by atoms with E-state index < -0.39 is 0 Å². The third kappa shape index (κ3) is 12.2. The monoisotopic (exact) mass is 270 g/mol. The first kappa shape index (κ1) is 18.4. The second kappa shape index (κ2) is 13.9. The standard InChI is InChI=1S/C16H34N2O/c1-4-7-10-13-15(12-9-6-3)17-18-16(19)14-11-8-5-2/h15,17H,4-14H2,1-3H3,(H,18,19). The predicted octanol–water partition coefficient (Wildman–Crippen LogP) is 4.33. The minimum absolute atomic E-state index is 0.144. The molecule has 1 atom stereocenters. The average molecular weight is 270 g/mol. The van der Waals surface area contributed by atoms with Gasteiger partial charge in [-0.05, 0) is 19.3 Å². The van der Waals surface area contributed by atoms with Gasteiger partial charge in [-0.2, -0.15) is 0 Å². The molecule has 0 aliphatic rings. The fourth-order valence-electron chi connectivity index (χ4n) is 2.16. The van der Waals surface area contributed by atoms with Crippen molar-refractivity contribution in [2.24, 2.45) is 0 Å². The number of carbonyl (C=O) groups excluding carboxylic acids is 1. The molecular formula is C16H34N2O. The molecule has 1 unspecified atom stereocenters. The maximum Gasteiger partial charge on any atom is 0.234 e. The summed E-state index contributed by atoms with van der Waals surface area (Å²) in [6.45, 7) is 6.60. The van der Waals surface area contributed by atoms with Crippen LogP contribution in [0.15, 0.2) is 0 Å². The zero-order valence-electron chi connectivity index (χ0n) is 13.3. The number of nitrogens with one attached hydrogen (secondary N) is 2. The van der Waals surface area contributed by atoms with Crippen molar-refractivity contribution in [1.29, 1.82) is 0 Å². The summed E-state index contributed by atoms with van der Waals surface area (Å²) in [6, 6.07) is 0.446. The number of hydrogen-bond donors (Lipinski definition) is 2. The van der Waals surface area contributed by atoms with Crippen LogP contribution in [0.5, 0.6) is 0 Å². The van der Waals surface area contributed by atoms with Crippen molar-refractivity contribution < 1.29 is 4.79 Å². The third-order valence-corrected chi connectivity index (χ3v) is 3.49. The molecular weight excluding hydrogens is 236 g/mol. The quantitative estimate of drug-likeness (QED) is 0.386. The first-order valence-corrected chi connectivity index (χ1v) is 8.28. The van der Waals surface area contributed by atoms with Crippen LogP contribution in [0.1, 0.15) is 91.4 Å². The lowest BCUT2D eigenvalue weighted by atomic mass is 10.0. The van der Waals surface area contributed by atoms with Crippen molar-refractivity contribution in [3.63, 3.8) is 0 Å². The smallest absolute Gasteiger partial charge is 0.234 e. The molecule has 0 spiro atoms. The lowest BCUT2D eigenvalue weighted by Gasteiger charge is -2.19. The van der Waals surface area contributed by atoms with Gasteiger partial charge >= 0.3 is 0 Å². The zero-order valence-corrected chi connectivity index (χ0v) is 13.3. The SMILES string of the molecule is CCCCCC(=O)NNC(CCCC)CCCCC. The molecule has 114 valence electrons. The molecule has 2 N–H and O–H groups in total. The van der Waals surface area contributed by atoms with Gasteiger partial charge in [0.2, 0.25) is 5.91 Å². The number of hydrazine groups is 1. The molecule has 0 aromatic heterocycles. The zero-order chi connectivity index (χ0) is 14.3. The Balaban J connectivity index is 3.78. The van der Waals surface area contributed by atoms with Crippen molar-refractivity contribution in [2.75, 3.05) is 0 Å². The minimum atomic E-state index is 0.144. The van der Waals surface area contributed by atoms with Crippen LogP contribution in [0.2, 0.25) is 0 Å². The van der Waals surface area contributed by atoms with E-state index in [2.05, 4.69) is 31.6 Å². The molecule has 0 aliphatic heterocycles. The van der Waals surface area contributed by atoms with Crippen LogP contribution in [0.3, 0.4) is 0 Å². The van der Waals surface area contributed by atoms with Crippen LogP contribution < -0.4 is 10.9 Å². The van der Waals surface area contributed by atoms with E-state index in [1.807, 2.05) is 0 Å². The molecule has 1 amide bonds. The van der Waals surface area contributed by atoms with Crippen LogP contribution in [-0.4, -0.2) is 11.9 Å². The summed E-state index contributed by atoms with van der Waals surface area (Å²) in [4.78, 5) is 11.7. The number of carbonyl (C=O) groups is 1. The van der Waals surface area contributed by atoms with Crippen LogP contribution >= 0.6 is 0 Å². The van der Waals surface area contributed by atoms with Crippen molar-refractivity contribution in [3.8, 4) is 0 Å². The molecule has 0 saturated carbocycles. The summed E-state index contributed by atoms with van der Waals surface area (Å²) in [5, 5.41) is 0. The Morgan fingerprint density at radius 3 is 2.05 bits per heavy atom. The van der Waals surface area contributed by atoms with E-state index in [4.69, 9.17) is 0 Å². The van der Waals surface area contributed by atoms with Crippen molar-refractivity contribution in [2.45, 2.75) is 97.4 Å². The minimum Gasteiger partial charge on any atom is -0.291 e. The molecule has 0 aliphatic carbocycles. The Bertz CT molecular complexity index is 207. The first-order valence-electron chi connectivity index (χ1n) is 8.28. The third-order valence-electron chi connectivity index (χ3n) is 3.49. The lowest BCUT2D eigenvalue weighted by Crippen LogP contribution is -2.44. The Kier molecular flexibility index (Phi) is 13.4. The van der Waals surface area contributed by atoms with Gasteiger partial charge in [0.05, 0.1) is 0 Å². The van der Waals surface area contributed by atoms with E-state index in [0.29, 0.717) is 12.5 Å². The van der Waals surface area contributed by atoms with Gasteiger partial charge in [-0.15, -0.1) is 0 Å². The van der Waals surface area contributed by atoms with Crippen molar-refractivity contribution in [3.05, 3.63) is 0 Å². The van der Waals surface area contributed by atoms with Gasteiger partial charge in [0.15, 0.2) is 0 Å². The highest BCUT2D eigenvalue weighted by Crippen LogP contribution is 2.09. The van der Waals surface area contributed by atoms with Gasteiger partial charge in [-0.3, -0.25) is 10.2 Å². The first-order chi connectivity index (χ1) is 9.24. The fraction of sp³-hybridized carbons (Fsp3) is 0.938. The maximum absolute atomic E-state index is 11.7. The van der Waals surface area contributed by atoms with Crippen LogP contribution in [0, 0.1) is 0 Å². The summed E-state index contributed by atoms with van der Waals surface area (Å²) in [5.74, 6) is 0.144. The van der Waals surface area contributed by atoms with Gasteiger partial charge in [0.25, 0.3) is 0 Å².